The van der Waals surface area contributed by atoms with Gasteiger partial charge in [0, 0.05) is 11.7 Å². The molecule has 1 aliphatic rings. The second kappa shape index (κ2) is 3.48. The maximum absolute atomic E-state index is 3.80. The lowest BCUT2D eigenvalue weighted by atomic mass is 10.2. The Morgan fingerprint density at radius 3 is 3.08 bits per heavy atom. The Morgan fingerprint density at radius 2 is 2.23 bits per heavy atom. The summed E-state index contributed by atoms with van der Waals surface area (Å²) in [6.45, 7) is 3.80. The summed E-state index contributed by atoms with van der Waals surface area (Å²) in [7, 11) is 0. The maximum atomic E-state index is 3.80. The molecule has 0 bridgehead atoms. The van der Waals surface area contributed by atoms with Crippen molar-refractivity contribution in [2.45, 2.75) is 12.5 Å². The van der Waals surface area contributed by atoms with Crippen molar-refractivity contribution in [3.8, 4) is 0 Å². The first kappa shape index (κ1) is 8.11. The number of benzene rings is 1. The first-order chi connectivity index (χ1) is 6.40. The predicted molar refractivity (Wildman–Crippen MR) is 57.7 cm³/mol. The van der Waals surface area contributed by atoms with E-state index < -0.39 is 0 Å². The summed E-state index contributed by atoms with van der Waals surface area (Å²) >= 11 is 0. The molecule has 1 nitrogen and oxygen atoms in total. The molecule has 0 spiro atoms. The second-order valence-electron chi connectivity index (χ2n) is 3.21. The molecule has 1 unspecified atom stereocenters. The van der Waals surface area contributed by atoms with Crippen LogP contribution in [0.2, 0.25) is 0 Å². The van der Waals surface area contributed by atoms with Gasteiger partial charge in [0.25, 0.3) is 0 Å². The Bertz CT molecular complexity index is 339. The standard InChI is InChI=1S/C12H13N/c1-2-11-8-5-7-10-6-3-4-9-12(10)13-11/h2-7,9,11,13H,1,8H2. The molecule has 1 aliphatic heterocycles. The molecule has 1 heteroatoms. The number of fused-ring (bicyclic) bond motifs is 1. The van der Waals surface area contributed by atoms with E-state index in [4.69, 9.17) is 0 Å². The molecule has 1 atom stereocenters. The Kier molecular flexibility index (Phi) is 2.17. The molecule has 0 saturated carbocycles. The third kappa shape index (κ3) is 1.64. The van der Waals surface area contributed by atoms with Crippen molar-refractivity contribution in [1.29, 1.82) is 0 Å². The van der Waals surface area contributed by atoms with Crippen LogP contribution in [-0.2, 0) is 0 Å². The van der Waals surface area contributed by atoms with E-state index in [0.29, 0.717) is 6.04 Å². The molecule has 1 aromatic carbocycles. The van der Waals surface area contributed by atoms with E-state index in [9.17, 15) is 0 Å². The Balaban J connectivity index is 2.37. The molecule has 13 heavy (non-hydrogen) atoms. The van der Waals surface area contributed by atoms with Crippen molar-refractivity contribution < 1.29 is 0 Å². The van der Waals surface area contributed by atoms with Crippen molar-refractivity contribution in [3.05, 3.63) is 48.6 Å². The summed E-state index contributed by atoms with van der Waals surface area (Å²) in [6.07, 6.45) is 7.31. The van der Waals surface area contributed by atoms with Crippen LogP contribution in [0.5, 0.6) is 0 Å². The zero-order valence-electron chi connectivity index (χ0n) is 7.53. The monoisotopic (exact) mass is 171 g/mol. The molecule has 1 heterocycles. The molecule has 0 saturated heterocycles. The summed E-state index contributed by atoms with van der Waals surface area (Å²) in [5.41, 5.74) is 2.45. The summed E-state index contributed by atoms with van der Waals surface area (Å²) in [5.74, 6) is 0. The van der Waals surface area contributed by atoms with Gasteiger partial charge in [0.05, 0.1) is 0 Å². The lowest BCUT2D eigenvalue weighted by molar-refractivity contribution is 0.904. The molecular formula is C12H13N. The largest absolute Gasteiger partial charge is 0.378 e. The van der Waals surface area contributed by atoms with Crippen LogP contribution in [0.25, 0.3) is 6.08 Å². The highest BCUT2D eigenvalue weighted by Gasteiger charge is 2.07. The van der Waals surface area contributed by atoms with Gasteiger partial charge < -0.3 is 5.32 Å². The van der Waals surface area contributed by atoms with Gasteiger partial charge in [0.2, 0.25) is 0 Å². The van der Waals surface area contributed by atoms with Crippen LogP contribution in [0.3, 0.4) is 0 Å². The minimum atomic E-state index is 0.361. The first-order valence-electron chi connectivity index (χ1n) is 4.55. The normalized spacial score (nSPS) is 19.8. The topological polar surface area (TPSA) is 12.0 Å². The van der Waals surface area contributed by atoms with Crippen LogP contribution in [0.15, 0.2) is 43.0 Å². The minimum Gasteiger partial charge on any atom is -0.378 e. The van der Waals surface area contributed by atoms with Gasteiger partial charge in [-0.05, 0) is 18.1 Å². The lowest BCUT2D eigenvalue weighted by Gasteiger charge is -2.13. The number of para-hydroxylation sites is 1. The van der Waals surface area contributed by atoms with Crippen LogP contribution >= 0.6 is 0 Å². The maximum Gasteiger partial charge on any atom is 0.0476 e. The van der Waals surface area contributed by atoms with E-state index >= 15 is 0 Å². The molecule has 0 aromatic heterocycles. The van der Waals surface area contributed by atoms with E-state index in [0.717, 1.165) is 6.42 Å². The number of anilines is 1. The van der Waals surface area contributed by atoms with E-state index in [1.807, 2.05) is 12.1 Å². The van der Waals surface area contributed by atoms with Crippen LogP contribution < -0.4 is 5.32 Å². The van der Waals surface area contributed by atoms with Crippen LogP contribution in [0.4, 0.5) is 5.69 Å². The molecular weight excluding hydrogens is 158 g/mol. The van der Waals surface area contributed by atoms with Crippen molar-refractivity contribution in [3.63, 3.8) is 0 Å². The second-order valence-corrected chi connectivity index (χ2v) is 3.21. The SMILES string of the molecule is C=CC1CC=Cc2ccccc2N1. The minimum absolute atomic E-state index is 0.361. The third-order valence-electron chi connectivity index (χ3n) is 2.27. The highest BCUT2D eigenvalue weighted by molar-refractivity contribution is 5.68. The van der Waals surface area contributed by atoms with Gasteiger partial charge in [-0.25, -0.2) is 0 Å². The Hall–Kier alpha value is -1.50. The van der Waals surface area contributed by atoms with Crippen molar-refractivity contribution in [2.24, 2.45) is 0 Å². The fourth-order valence-corrected chi connectivity index (χ4v) is 1.53. The number of rotatable bonds is 1. The van der Waals surface area contributed by atoms with Gasteiger partial charge >= 0.3 is 0 Å². The lowest BCUT2D eigenvalue weighted by Crippen LogP contribution is -2.14. The Labute approximate surface area is 78.8 Å². The van der Waals surface area contributed by atoms with E-state index in [1.165, 1.54) is 11.3 Å². The molecule has 0 radical (unpaired) electrons. The van der Waals surface area contributed by atoms with Crippen molar-refractivity contribution >= 4 is 11.8 Å². The molecule has 2 rings (SSSR count). The molecule has 1 N–H and O–H groups in total. The van der Waals surface area contributed by atoms with Gasteiger partial charge in [-0.1, -0.05) is 36.4 Å². The molecule has 0 amide bonds. The molecule has 1 aromatic rings. The van der Waals surface area contributed by atoms with Crippen LogP contribution in [0, 0.1) is 0 Å². The van der Waals surface area contributed by atoms with Crippen molar-refractivity contribution in [2.75, 3.05) is 5.32 Å². The number of hydrogen-bond acceptors (Lipinski definition) is 1. The van der Waals surface area contributed by atoms with Gasteiger partial charge in [0.15, 0.2) is 0 Å². The smallest absolute Gasteiger partial charge is 0.0476 e. The molecule has 66 valence electrons. The fourth-order valence-electron chi connectivity index (χ4n) is 1.53. The average Bonchev–Trinajstić information content (AvgIpc) is 2.38. The van der Waals surface area contributed by atoms with Gasteiger partial charge in [-0.15, -0.1) is 6.58 Å². The quantitative estimate of drug-likeness (QED) is 0.640. The molecule has 0 aliphatic carbocycles. The zero-order valence-corrected chi connectivity index (χ0v) is 7.53. The third-order valence-corrected chi connectivity index (χ3v) is 2.27. The summed E-state index contributed by atoms with van der Waals surface area (Å²) in [4.78, 5) is 0. The highest BCUT2D eigenvalue weighted by Crippen LogP contribution is 2.21. The number of nitrogens with one attached hydrogen (secondary N) is 1. The summed E-state index contributed by atoms with van der Waals surface area (Å²) in [6, 6.07) is 8.68. The Morgan fingerprint density at radius 1 is 1.38 bits per heavy atom. The summed E-state index contributed by atoms with van der Waals surface area (Å²) in [5, 5.41) is 3.43. The van der Waals surface area contributed by atoms with Gasteiger partial charge in [-0.3, -0.25) is 0 Å². The van der Waals surface area contributed by atoms with E-state index in [-0.39, 0.29) is 0 Å². The van der Waals surface area contributed by atoms with Gasteiger partial charge in [-0.2, -0.15) is 0 Å². The van der Waals surface area contributed by atoms with E-state index in [2.05, 4.69) is 42.2 Å². The first-order valence-corrected chi connectivity index (χ1v) is 4.55. The van der Waals surface area contributed by atoms with Gasteiger partial charge in [0.1, 0.15) is 0 Å². The van der Waals surface area contributed by atoms with Crippen molar-refractivity contribution in [1.82, 2.24) is 0 Å². The van der Waals surface area contributed by atoms with Crippen LogP contribution in [-0.4, -0.2) is 6.04 Å². The number of hydrogen-bond donors (Lipinski definition) is 1. The average molecular weight is 171 g/mol. The summed E-state index contributed by atoms with van der Waals surface area (Å²) < 4.78 is 0. The highest BCUT2D eigenvalue weighted by atomic mass is 14.9. The zero-order chi connectivity index (χ0) is 9.10. The van der Waals surface area contributed by atoms with Crippen LogP contribution in [0.1, 0.15) is 12.0 Å². The van der Waals surface area contributed by atoms with E-state index in [1.54, 1.807) is 0 Å². The fraction of sp³-hybridized carbons (Fsp3) is 0.167. The predicted octanol–water partition coefficient (Wildman–Crippen LogP) is 3.07. The molecule has 0 fully saturated rings.